The summed E-state index contributed by atoms with van der Waals surface area (Å²) in [7, 11) is 0. The summed E-state index contributed by atoms with van der Waals surface area (Å²) in [6.07, 6.45) is 4.89. The van der Waals surface area contributed by atoms with Crippen LogP contribution in [0.5, 0.6) is 0 Å². The van der Waals surface area contributed by atoms with Gasteiger partial charge in [-0.15, -0.1) is 0 Å². The van der Waals surface area contributed by atoms with E-state index in [0.29, 0.717) is 0 Å². The summed E-state index contributed by atoms with van der Waals surface area (Å²) >= 11 is -5.14. The molecule has 0 saturated carbocycles. The summed E-state index contributed by atoms with van der Waals surface area (Å²) < 4.78 is 23.3. The van der Waals surface area contributed by atoms with E-state index in [2.05, 4.69) is 0 Å². The first kappa shape index (κ1) is 26.6. The Bertz CT molecular complexity index is 653. The van der Waals surface area contributed by atoms with Crippen molar-refractivity contribution in [1.82, 2.24) is 0 Å². The van der Waals surface area contributed by atoms with Crippen LogP contribution in [0.2, 0.25) is 0 Å². The Morgan fingerprint density at radius 1 is 0.448 bits per heavy atom. The third-order valence-corrected chi connectivity index (χ3v) is 9.30. The Balaban J connectivity index is 6.40. The maximum absolute atomic E-state index is 11.4. The van der Waals surface area contributed by atoms with Crippen molar-refractivity contribution >= 4 is 43.2 Å². The van der Waals surface area contributed by atoms with Crippen LogP contribution in [0.3, 0.4) is 0 Å². The predicted octanol–water partition coefficient (Wildman–Crippen LogP) is 3.46. The molecule has 0 aromatic rings. The Labute approximate surface area is 177 Å². The summed E-state index contributed by atoms with van der Waals surface area (Å²) in [5, 5.41) is 0. The topological polar surface area (TPSA) is 105 Å². The van der Waals surface area contributed by atoms with E-state index in [4.69, 9.17) is 12.3 Å². The van der Waals surface area contributed by atoms with E-state index in [1.54, 1.807) is 0 Å². The molecule has 0 rings (SSSR count). The summed E-state index contributed by atoms with van der Waals surface area (Å²) in [6.45, 7) is 11.4. The molecule has 8 nitrogen and oxygen atoms in total. The molecule has 0 amide bonds. The van der Waals surface area contributed by atoms with Crippen molar-refractivity contribution < 1.29 is 31.5 Å². The van der Waals surface area contributed by atoms with Crippen LogP contribution in [0, 0.1) is 0 Å². The van der Waals surface area contributed by atoms with Crippen LogP contribution in [0.15, 0.2) is 47.3 Å². The monoisotopic (exact) mass is 516 g/mol. The molecule has 0 unspecified atom stereocenters. The van der Waals surface area contributed by atoms with Crippen LogP contribution in [-0.4, -0.2) is 43.2 Å². The van der Waals surface area contributed by atoms with Gasteiger partial charge in [-0.1, -0.05) is 0 Å². The molecule has 0 fully saturated rings. The Morgan fingerprint density at radius 2 is 0.621 bits per heavy atom. The maximum atomic E-state index is 11.4. The minimum atomic E-state index is -5.14. The fraction of sp³-hybridized carbons (Fsp3) is 0.400. The summed E-state index contributed by atoms with van der Waals surface area (Å²) in [5.74, 6) is -0.441. The summed E-state index contributed by atoms with van der Waals surface area (Å²) in [4.78, 5) is 45.7. The Hall–Kier alpha value is -2.36. The number of carbonyl (C=O) groups is 4. The van der Waals surface area contributed by atoms with Gasteiger partial charge < -0.3 is 0 Å². The van der Waals surface area contributed by atoms with Gasteiger partial charge in [0.2, 0.25) is 0 Å². The second kappa shape index (κ2) is 12.3. The van der Waals surface area contributed by atoms with E-state index in [9.17, 15) is 19.2 Å². The molecule has 0 aliphatic rings. The van der Waals surface area contributed by atoms with Crippen LogP contribution < -0.4 is 0 Å². The molecular formula is C20H28O8Sn. The van der Waals surface area contributed by atoms with Gasteiger partial charge in [-0.3, -0.25) is 0 Å². The van der Waals surface area contributed by atoms with Gasteiger partial charge >= 0.3 is 177 Å². The Morgan fingerprint density at radius 3 is 0.759 bits per heavy atom. The van der Waals surface area contributed by atoms with Crippen molar-refractivity contribution in [3.63, 3.8) is 0 Å². The number of rotatable bonds is 12. The van der Waals surface area contributed by atoms with E-state index in [0.717, 1.165) is 0 Å². The average Bonchev–Trinajstić information content (AvgIpc) is 2.41. The Kier molecular flexibility index (Phi) is 11.3. The number of carbonyl (C=O) groups excluding carboxylic acids is 4. The first-order valence-corrected chi connectivity index (χ1v) is 13.4. The number of hydrogen-bond acceptors (Lipinski definition) is 8. The van der Waals surface area contributed by atoms with Gasteiger partial charge in [-0.2, -0.15) is 0 Å². The van der Waals surface area contributed by atoms with Crippen LogP contribution >= 0.6 is 0 Å². The minimum absolute atomic E-state index is 0.162. The second-order valence-electron chi connectivity index (χ2n) is 6.37. The van der Waals surface area contributed by atoms with E-state index in [-0.39, 0.29) is 46.2 Å². The number of hydrogen-bond donors (Lipinski definition) is 0. The molecule has 0 heterocycles. The third kappa shape index (κ3) is 12.7. The fourth-order valence-electron chi connectivity index (χ4n) is 2.18. The molecule has 0 atom stereocenters. The molecular weight excluding hydrogens is 487 g/mol. The molecule has 0 aromatic heterocycles. The zero-order valence-corrected chi connectivity index (χ0v) is 20.9. The van der Waals surface area contributed by atoms with E-state index in [1.807, 2.05) is 0 Å². The number of ketones is 4. The van der Waals surface area contributed by atoms with Gasteiger partial charge in [0.15, 0.2) is 0 Å². The summed E-state index contributed by atoms with van der Waals surface area (Å²) in [6, 6.07) is 0. The molecule has 9 heteroatoms. The van der Waals surface area contributed by atoms with Crippen molar-refractivity contribution in [2.45, 2.75) is 55.4 Å². The van der Waals surface area contributed by atoms with E-state index in [1.165, 1.54) is 79.7 Å². The van der Waals surface area contributed by atoms with Crippen molar-refractivity contribution in [2.24, 2.45) is 0 Å². The molecule has 0 aliphatic carbocycles. The van der Waals surface area contributed by atoms with Crippen molar-refractivity contribution in [1.29, 1.82) is 0 Å². The first-order valence-electron chi connectivity index (χ1n) is 8.76. The normalized spacial score (nSPS) is 13.5. The summed E-state index contributed by atoms with van der Waals surface area (Å²) in [5.41, 5.74) is 0. The fourth-order valence-corrected chi connectivity index (χ4v) is 8.06. The molecule has 0 N–H and O–H groups in total. The molecule has 0 bridgehead atoms. The SMILES string of the molecule is CC(=O)/C=C(/C)[O][Sn]([O]/C(C)=C/C(C)=O)([O]/C(C)=C/C(C)=O)[O]/C(C)=C/C(C)=O. The molecule has 0 spiro atoms. The third-order valence-electron chi connectivity index (χ3n) is 2.77. The van der Waals surface area contributed by atoms with Gasteiger partial charge in [0.25, 0.3) is 0 Å². The molecule has 29 heavy (non-hydrogen) atoms. The molecule has 0 radical (unpaired) electrons. The molecule has 160 valence electrons. The first-order chi connectivity index (χ1) is 13.2. The van der Waals surface area contributed by atoms with Gasteiger partial charge in [-0.25, -0.2) is 0 Å². The molecule has 0 aliphatic heterocycles. The quantitative estimate of drug-likeness (QED) is 0.221. The van der Waals surface area contributed by atoms with Crippen LogP contribution in [0.25, 0.3) is 0 Å². The zero-order chi connectivity index (χ0) is 22.8. The standard InChI is InChI=1S/4C5H8O2.Sn/c4*1-4(6)3-5(2)7;/h4*3,6H,1-2H3;/q;;;;+4/p-4/b3*4-3+;4-3-;. The molecule has 0 saturated heterocycles. The predicted molar refractivity (Wildman–Crippen MR) is 108 cm³/mol. The van der Waals surface area contributed by atoms with E-state index < -0.39 is 20.0 Å². The van der Waals surface area contributed by atoms with Gasteiger partial charge in [0, 0.05) is 0 Å². The zero-order valence-electron chi connectivity index (χ0n) is 18.1. The number of allylic oxidation sites excluding steroid dienone is 8. The van der Waals surface area contributed by atoms with Crippen molar-refractivity contribution in [2.75, 3.05) is 0 Å². The average molecular weight is 515 g/mol. The van der Waals surface area contributed by atoms with Crippen LogP contribution in [-0.2, 0) is 31.5 Å². The van der Waals surface area contributed by atoms with Gasteiger partial charge in [-0.05, 0) is 0 Å². The van der Waals surface area contributed by atoms with Crippen molar-refractivity contribution in [3.8, 4) is 0 Å². The van der Waals surface area contributed by atoms with E-state index >= 15 is 0 Å². The molecule has 0 aromatic carbocycles. The second-order valence-corrected chi connectivity index (χ2v) is 11.6. The van der Waals surface area contributed by atoms with Crippen LogP contribution in [0.4, 0.5) is 0 Å². The van der Waals surface area contributed by atoms with Gasteiger partial charge in [0.05, 0.1) is 0 Å². The van der Waals surface area contributed by atoms with Gasteiger partial charge in [0.1, 0.15) is 0 Å². The van der Waals surface area contributed by atoms with Crippen LogP contribution in [0.1, 0.15) is 55.4 Å². The van der Waals surface area contributed by atoms with Crippen molar-refractivity contribution in [3.05, 3.63) is 47.3 Å².